The highest BCUT2D eigenvalue weighted by Gasteiger charge is 2.32. The zero-order chi connectivity index (χ0) is 14.1. The van der Waals surface area contributed by atoms with Crippen molar-refractivity contribution in [3.05, 3.63) is 24.3 Å². The van der Waals surface area contributed by atoms with Gasteiger partial charge in [-0.2, -0.15) is 4.98 Å². The van der Waals surface area contributed by atoms with Crippen LogP contribution in [-0.2, 0) is 11.3 Å². The van der Waals surface area contributed by atoms with Gasteiger partial charge >= 0.3 is 0 Å². The second kappa shape index (κ2) is 5.61. The summed E-state index contributed by atoms with van der Waals surface area (Å²) >= 11 is 0. The van der Waals surface area contributed by atoms with Crippen molar-refractivity contribution in [2.24, 2.45) is 5.92 Å². The first-order chi connectivity index (χ1) is 10.4. The number of aromatic nitrogens is 2. The van der Waals surface area contributed by atoms with Gasteiger partial charge in [0, 0.05) is 19.2 Å². The third kappa shape index (κ3) is 3.01. The van der Waals surface area contributed by atoms with Crippen LogP contribution in [0.15, 0.2) is 27.3 Å². The van der Waals surface area contributed by atoms with Gasteiger partial charge in [-0.1, -0.05) is 5.16 Å². The number of nitrogens with zero attached hydrogens (tertiary/aromatic N) is 3. The van der Waals surface area contributed by atoms with Crippen molar-refractivity contribution < 1.29 is 13.7 Å². The van der Waals surface area contributed by atoms with Crippen molar-refractivity contribution >= 4 is 0 Å². The van der Waals surface area contributed by atoms with Crippen molar-refractivity contribution in [1.29, 1.82) is 0 Å². The van der Waals surface area contributed by atoms with Crippen LogP contribution in [0.4, 0.5) is 0 Å². The molecule has 0 aromatic carbocycles. The normalized spacial score (nSPS) is 22.2. The average Bonchev–Trinajstić information content (AvgIpc) is 2.93. The largest absolute Gasteiger partial charge is 0.461 e. The van der Waals surface area contributed by atoms with E-state index in [1.54, 1.807) is 6.26 Å². The summed E-state index contributed by atoms with van der Waals surface area (Å²) in [5.41, 5.74) is 0. The van der Waals surface area contributed by atoms with Crippen molar-refractivity contribution in [2.75, 3.05) is 19.8 Å². The van der Waals surface area contributed by atoms with Gasteiger partial charge in [0.2, 0.25) is 11.7 Å². The van der Waals surface area contributed by atoms with Gasteiger partial charge in [0.25, 0.3) is 0 Å². The number of hydrogen-bond donors (Lipinski definition) is 0. The molecule has 1 aliphatic heterocycles. The molecule has 2 fully saturated rings. The summed E-state index contributed by atoms with van der Waals surface area (Å²) in [6.45, 7) is 3.55. The molecule has 0 unspecified atom stereocenters. The fourth-order valence-corrected chi connectivity index (χ4v) is 2.84. The summed E-state index contributed by atoms with van der Waals surface area (Å²) in [6.07, 6.45) is 5.31. The van der Waals surface area contributed by atoms with Gasteiger partial charge in [0.15, 0.2) is 5.76 Å². The molecular weight excluding hydrogens is 270 g/mol. The lowest BCUT2D eigenvalue weighted by Crippen LogP contribution is -2.31. The standard InChI is InChI=1S/C15H19N3O3/c1-2-13(20-6-1)15-16-14(21-17-15)9-18(12-3-4-12)8-11-5-7-19-10-11/h1-2,6,11-12H,3-5,7-10H2/t11-/m1/s1. The SMILES string of the molecule is c1coc(-c2noc(CN(C[C@H]3CCOC3)C3CC3)n2)c1. The maximum Gasteiger partial charge on any atom is 0.241 e. The molecule has 6 heteroatoms. The first-order valence-corrected chi connectivity index (χ1v) is 7.57. The van der Waals surface area contributed by atoms with Crippen molar-refractivity contribution in [1.82, 2.24) is 15.0 Å². The summed E-state index contributed by atoms with van der Waals surface area (Å²) in [5, 5.41) is 3.99. The third-order valence-corrected chi connectivity index (χ3v) is 4.13. The number of hydrogen-bond acceptors (Lipinski definition) is 6. The molecule has 21 heavy (non-hydrogen) atoms. The Kier molecular flexibility index (Phi) is 3.48. The molecule has 0 amide bonds. The third-order valence-electron chi connectivity index (χ3n) is 4.13. The molecule has 6 nitrogen and oxygen atoms in total. The Morgan fingerprint density at radius 2 is 2.24 bits per heavy atom. The minimum Gasteiger partial charge on any atom is -0.461 e. The predicted octanol–water partition coefficient (Wildman–Crippen LogP) is 2.33. The minimum atomic E-state index is 0.523. The van der Waals surface area contributed by atoms with E-state index in [9.17, 15) is 0 Å². The van der Waals surface area contributed by atoms with E-state index in [2.05, 4.69) is 15.0 Å². The summed E-state index contributed by atoms with van der Waals surface area (Å²) in [6, 6.07) is 4.33. The molecule has 0 radical (unpaired) electrons. The molecule has 0 spiro atoms. The smallest absolute Gasteiger partial charge is 0.241 e. The van der Waals surface area contributed by atoms with Crippen molar-refractivity contribution in [3.63, 3.8) is 0 Å². The molecule has 2 aromatic heterocycles. The van der Waals surface area contributed by atoms with Crippen LogP contribution in [0.1, 0.15) is 25.2 Å². The molecule has 4 rings (SSSR count). The van der Waals surface area contributed by atoms with E-state index >= 15 is 0 Å². The van der Waals surface area contributed by atoms with Crippen LogP contribution < -0.4 is 0 Å². The highest BCUT2D eigenvalue weighted by molar-refractivity contribution is 5.44. The Morgan fingerprint density at radius 1 is 1.29 bits per heavy atom. The Morgan fingerprint density at radius 3 is 2.95 bits per heavy atom. The summed E-state index contributed by atoms with van der Waals surface area (Å²) in [7, 11) is 0. The Hall–Kier alpha value is -1.66. The van der Waals surface area contributed by atoms with E-state index in [0.29, 0.717) is 29.4 Å². The van der Waals surface area contributed by atoms with Gasteiger partial charge in [-0.25, -0.2) is 0 Å². The van der Waals surface area contributed by atoms with Gasteiger partial charge in [0.05, 0.1) is 19.4 Å². The van der Waals surface area contributed by atoms with E-state index in [4.69, 9.17) is 13.7 Å². The lowest BCUT2D eigenvalue weighted by atomic mass is 10.1. The van der Waals surface area contributed by atoms with Crippen LogP contribution in [0, 0.1) is 5.92 Å². The zero-order valence-electron chi connectivity index (χ0n) is 11.9. The topological polar surface area (TPSA) is 64.5 Å². The van der Waals surface area contributed by atoms with Crippen LogP contribution in [0.3, 0.4) is 0 Å². The molecule has 1 aliphatic carbocycles. The van der Waals surface area contributed by atoms with Crippen LogP contribution >= 0.6 is 0 Å². The average molecular weight is 289 g/mol. The monoisotopic (exact) mass is 289 g/mol. The lowest BCUT2D eigenvalue weighted by Gasteiger charge is -2.22. The van der Waals surface area contributed by atoms with Gasteiger partial charge in [-0.3, -0.25) is 4.90 Å². The minimum absolute atomic E-state index is 0.523. The van der Waals surface area contributed by atoms with Crippen LogP contribution in [-0.4, -0.2) is 40.8 Å². The zero-order valence-corrected chi connectivity index (χ0v) is 11.9. The number of rotatable bonds is 6. The van der Waals surface area contributed by atoms with Crippen molar-refractivity contribution in [3.8, 4) is 11.6 Å². The van der Waals surface area contributed by atoms with Gasteiger partial charge in [0.1, 0.15) is 0 Å². The second-order valence-electron chi connectivity index (χ2n) is 5.88. The Bertz CT molecular complexity index is 571. The van der Waals surface area contributed by atoms with Crippen molar-refractivity contribution in [2.45, 2.75) is 31.8 Å². The molecule has 112 valence electrons. The molecule has 0 bridgehead atoms. The lowest BCUT2D eigenvalue weighted by molar-refractivity contribution is 0.153. The van der Waals surface area contributed by atoms with Crippen LogP contribution in [0.25, 0.3) is 11.6 Å². The molecular formula is C15H19N3O3. The van der Waals surface area contributed by atoms with Crippen LogP contribution in [0.5, 0.6) is 0 Å². The molecule has 1 saturated heterocycles. The molecule has 1 saturated carbocycles. The summed E-state index contributed by atoms with van der Waals surface area (Å²) in [4.78, 5) is 6.89. The quantitative estimate of drug-likeness (QED) is 0.813. The fourth-order valence-electron chi connectivity index (χ4n) is 2.84. The number of ether oxygens (including phenoxy) is 1. The van der Waals surface area contributed by atoms with Gasteiger partial charge in [-0.05, 0) is 37.3 Å². The van der Waals surface area contributed by atoms with E-state index < -0.39 is 0 Å². The highest BCUT2D eigenvalue weighted by atomic mass is 16.5. The molecule has 0 N–H and O–H groups in total. The fraction of sp³-hybridized carbons (Fsp3) is 0.600. The van der Waals surface area contributed by atoms with E-state index in [-0.39, 0.29) is 0 Å². The highest BCUT2D eigenvalue weighted by Crippen LogP contribution is 2.30. The number of furan rings is 1. The molecule has 3 heterocycles. The summed E-state index contributed by atoms with van der Waals surface area (Å²) in [5.74, 6) is 2.47. The predicted molar refractivity (Wildman–Crippen MR) is 74.4 cm³/mol. The van der Waals surface area contributed by atoms with E-state index in [0.717, 1.165) is 32.7 Å². The summed E-state index contributed by atoms with van der Waals surface area (Å²) < 4.78 is 16.1. The van der Waals surface area contributed by atoms with E-state index in [1.807, 2.05) is 12.1 Å². The van der Waals surface area contributed by atoms with Gasteiger partial charge < -0.3 is 13.7 Å². The first kappa shape index (κ1) is 13.0. The maximum absolute atomic E-state index is 5.47. The molecule has 2 aliphatic rings. The van der Waals surface area contributed by atoms with Crippen LogP contribution in [0.2, 0.25) is 0 Å². The Balaban J connectivity index is 1.43. The molecule has 1 atom stereocenters. The Labute approximate surface area is 123 Å². The van der Waals surface area contributed by atoms with Gasteiger partial charge in [-0.15, -0.1) is 0 Å². The first-order valence-electron chi connectivity index (χ1n) is 7.57. The van der Waals surface area contributed by atoms with E-state index in [1.165, 1.54) is 12.8 Å². The maximum atomic E-state index is 5.47. The molecule has 2 aromatic rings. The second-order valence-corrected chi connectivity index (χ2v) is 5.88.